The van der Waals surface area contributed by atoms with Gasteiger partial charge in [-0.25, -0.2) is 9.78 Å². The van der Waals surface area contributed by atoms with Gasteiger partial charge in [-0.2, -0.15) is 0 Å². The number of hydrogen-bond donors (Lipinski definition) is 2. The number of nitrogens with zero attached hydrogens (tertiary/aromatic N) is 1. The van der Waals surface area contributed by atoms with Crippen LogP contribution in [0.15, 0.2) is 22.7 Å². The highest BCUT2D eigenvalue weighted by molar-refractivity contribution is 9.10. The number of thiazole rings is 1. The standard InChI is InChI=1S/C16H16BrN3O4S2/c1-4-24-14(22)12-8(2)18-16(26-12)20-15(25)19-13(21)9-5-6-11(23-3)10(17)7-9/h5-7H,4H2,1-3H3,(H2,18,19,20,21,25). The lowest BCUT2D eigenvalue weighted by atomic mass is 10.2. The number of esters is 1. The van der Waals surface area contributed by atoms with Gasteiger partial charge in [-0.3, -0.25) is 10.1 Å². The third-order valence-corrected chi connectivity index (χ3v) is 5.00. The maximum atomic E-state index is 12.3. The van der Waals surface area contributed by atoms with Gasteiger partial charge in [-0.1, -0.05) is 11.3 Å². The molecule has 0 aliphatic heterocycles. The minimum Gasteiger partial charge on any atom is -0.496 e. The molecule has 0 unspecified atom stereocenters. The van der Waals surface area contributed by atoms with E-state index in [1.807, 2.05) is 0 Å². The van der Waals surface area contributed by atoms with Gasteiger partial charge in [0.1, 0.15) is 10.6 Å². The van der Waals surface area contributed by atoms with E-state index in [4.69, 9.17) is 21.7 Å². The van der Waals surface area contributed by atoms with Crippen LogP contribution in [0.4, 0.5) is 5.13 Å². The first-order valence-electron chi connectivity index (χ1n) is 7.46. The molecule has 0 bridgehead atoms. The average Bonchev–Trinajstić information content (AvgIpc) is 2.95. The van der Waals surface area contributed by atoms with Gasteiger partial charge in [-0.05, 0) is 60.2 Å². The highest BCUT2D eigenvalue weighted by Crippen LogP contribution is 2.26. The van der Waals surface area contributed by atoms with Crippen molar-refractivity contribution < 1.29 is 19.1 Å². The number of aryl methyl sites for hydroxylation is 1. The predicted octanol–water partition coefficient (Wildman–Crippen LogP) is 3.53. The molecule has 1 heterocycles. The number of ether oxygens (including phenoxy) is 2. The summed E-state index contributed by atoms with van der Waals surface area (Å²) in [5.41, 5.74) is 0.938. The van der Waals surface area contributed by atoms with Gasteiger partial charge in [0.25, 0.3) is 5.91 Å². The van der Waals surface area contributed by atoms with Crippen LogP contribution in [0.3, 0.4) is 0 Å². The zero-order chi connectivity index (χ0) is 19.3. The van der Waals surface area contributed by atoms with Crippen LogP contribution in [0.25, 0.3) is 0 Å². The third-order valence-electron chi connectivity index (χ3n) is 3.12. The van der Waals surface area contributed by atoms with E-state index in [-0.39, 0.29) is 17.6 Å². The maximum Gasteiger partial charge on any atom is 0.350 e. The molecule has 0 aliphatic carbocycles. The Morgan fingerprint density at radius 3 is 2.73 bits per heavy atom. The fourth-order valence-corrected chi connectivity index (χ4v) is 3.61. The molecule has 0 aliphatic rings. The smallest absolute Gasteiger partial charge is 0.350 e. The molecular weight excluding hydrogens is 442 g/mol. The summed E-state index contributed by atoms with van der Waals surface area (Å²) < 4.78 is 10.7. The van der Waals surface area contributed by atoms with Crippen molar-refractivity contribution in [1.29, 1.82) is 0 Å². The largest absolute Gasteiger partial charge is 0.496 e. The highest BCUT2D eigenvalue weighted by Gasteiger charge is 2.17. The zero-order valence-electron chi connectivity index (χ0n) is 14.2. The van der Waals surface area contributed by atoms with Crippen molar-refractivity contribution in [2.24, 2.45) is 0 Å². The number of nitrogens with one attached hydrogen (secondary N) is 2. The van der Waals surface area contributed by atoms with Crippen molar-refractivity contribution in [1.82, 2.24) is 10.3 Å². The molecular formula is C16H16BrN3O4S2. The number of halogens is 1. The number of thiocarbonyl (C=S) groups is 1. The monoisotopic (exact) mass is 457 g/mol. The second-order valence-electron chi connectivity index (χ2n) is 4.91. The molecule has 2 rings (SSSR count). The Morgan fingerprint density at radius 2 is 2.12 bits per heavy atom. The number of methoxy groups -OCH3 is 1. The van der Waals surface area contributed by atoms with Gasteiger partial charge in [0.2, 0.25) is 0 Å². The van der Waals surface area contributed by atoms with Gasteiger partial charge in [-0.15, -0.1) is 0 Å². The van der Waals surface area contributed by atoms with E-state index in [1.165, 1.54) is 0 Å². The minimum atomic E-state index is -0.436. The average molecular weight is 458 g/mol. The summed E-state index contributed by atoms with van der Waals surface area (Å²) in [7, 11) is 1.54. The first-order valence-corrected chi connectivity index (χ1v) is 9.47. The van der Waals surface area contributed by atoms with Gasteiger partial charge in [0.05, 0.1) is 23.9 Å². The number of anilines is 1. The number of aromatic nitrogens is 1. The number of amides is 1. The van der Waals surface area contributed by atoms with E-state index in [0.29, 0.717) is 31.5 Å². The molecule has 2 N–H and O–H groups in total. The summed E-state index contributed by atoms with van der Waals surface area (Å²) in [6.45, 7) is 3.71. The number of benzene rings is 1. The normalized spacial score (nSPS) is 10.2. The molecule has 0 atom stereocenters. The first-order chi connectivity index (χ1) is 12.3. The van der Waals surface area contributed by atoms with Crippen LogP contribution in [0.1, 0.15) is 32.6 Å². The number of carbonyl (C=O) groups excluding carboxylic acids is 2. The molecule has 26 heavy (non-hydrogen) atoms. The quantitative estimate of drug-likeness (QED) is 0.524. The molecule has 1 aromatic carbocycles. The molecule has 0 saturated carbocycles. The maximum absolute atomic E-state index is 12.3. The van der Waals surface area contributed by atoms with E-state index in [2.05, 4.69) is 31.5 Å². The minimum absolute atomic E-state index is 0.0751. The molecule has 0 fully saturated rings. The Hall–Kier alpha value is -2.04. The first kappa shape index (κ1) is 20.3. The lowest BCUT2D eigenvalue weighted by Gasteiger charge is -2.09. The van der Waals surface area contributed by atoms with Crippen molar-refractivity contribution >= 4 is 61.6 Å². The molecule has 10 heteroatoms. The Kier molecular flexibility index (Phi) is 7.06. The third kappa shape index (κ3) is 4.99. The fourth-order valence-electron chi connectivity index (χ4n) is 1.95. The molecule has 0 saturated heterocycles. The molecule has 2 aromatic rings. The van der Waals surface area contributed by atoms with Crippen molar-refractivity contribution in [2.75, 3.05) is 19.0 Å². The summed E-state index contributed by atoms with van der Waals surface area (Å²) in [6, 6.07) is 4.92. The van der Waals surface area contributed by atoms with Crippen molar-refractivity contribution in [3.63, 3.8) is 0 Å². The molecule has 0 radical (unpaired) electrons. The van der Waals surface area contributed by atoms with Crippen LogP contribution in [-0.4, -0.2) is 35.7 Å². The Morgan fingerprint density at radius 1 is 1.38 bits per heavy atom. The number of hydrogen-bond acceptors (Lipinski definition) is 7. The summed E-state index contributed by atoms with van der Waals surface area (Å²) in [6.07, 6.45) is 0. The summed E-state index contributed by atoms with van der Waals surface area (Å²) in [5.74, 6) is -0.203. The zero-order valence-corrected chi connectivity index (χ0v) is 17.4. The SMILES string of the molecule is CCOC(=O)c1sc(NC(=S)NC(=O)c2ccc(OC)c(Br)c2)nc1C. The summed E-state index contributed by atoms with van der Waals surface area (Å²) in [4.78, 5) is 28.7. The van der Waals surface area contributed by atoms with E-state index in [9.17, 15) is 9.59 Å². The van der Waals surface area contributed by atoms with Crippen molar-refractivity contribution in [3.8, 4) is 5.75 Å². The highest BCUT2D eigenvalue weighted by atomic mass is 79.9. The second kappa shape index (κ2) is 9.06. The van der Waals surface area contributed by atoms with Crippen molar-refractivity contribution in [2.45, 2.75) is 13.8 Å². The van der Waals surface area contributed by atoms with Gasteiger partial charge in [0, 0.05) is 5.56 Å². The van der Waals surface area contributed by atoms with Gasteiger partial charge in [0.15, 0.2) is 10.2 Å². The molecule has 7 nitrogen and oxygen atoms in total. The van der Waals surface area contributed by atoms with Crippen molar-refractivity contribution in [3.05, 3.63) is 38.8 Å². The second-order valence-corrected chi connectivity index (χ2v) is 7.17. The van der Waals surface area contributed by atoms with Gasteiger partial charge < -0.3 is 14.8 Å². The van der Waals surface area contributed by atoms with Crippen LogP contribution >= 0.6 is 39.5 Å². The van der Waals surface area contributed by atoms with E-state index >= 15 is 0 Å². The number of rotatable bonds is 5. The van der Waals surface area contributed by atoms with E-state index in [1.54, 1.807) is 39.2 Å². The number of carbonyl (C=O) groups is 2. The van der Waals surface area contributed by atoms with Gasteiger partial charge >= 0.3 is 5.97 Å². The molecule has 0 spiro atoms. The van der Waals surface area contributed by atoms with Crippen LogP contribution in [0, 0.1) is 6.92 Å². The van der Waals surface area contributed by atoms with Crippen LogP contribution in [0.2, 0.25) is 0 Å². The topological polar surface area (TPSA) is 89.6 Å². The molecule has 1 amide bonds. The lowest BCUT2D eigenvalue weighted by molar-refractivity contribution is 0.0531. The molecule has 138 valence electrons. The van der Waals surface area contributed by atoms with Crippen LogP contribution in [-0.2, 0) is 4.74 Å². The summed E-state index contributed by atoms with van der Waals surface area (Å²) in [5, 5.41) is 5.83. The van der Waals surface area contributed by atoms with E-state index in [0.717, 1.165) is 11.3 Å². The summed E-state index contributed by atoms with van der Waals surface area (Å²) >= 11 is 9.57. The Balaban J connectivity index is 2.02. The predicted molar refractivity (Wildman–Crippen MR) is 107 cm³/mol. The Labute approximate surface area is 168 Å². The van der Waals surface area contributed by atoms with Crippen LogP contribution < -0.4 is 15.4 Å². The van der Waals surface area contributed by atoms with Crippen LogP contribution in [0.5, 0.6) is 5.75 Å². The fraction of sp³-hybridized carbons (Fsp3) is 0.250. The van der Waals surface area contributed by atoms with E-state index < -0.39 is 5.97 Å². The molecule has 1 aromatic heterocycles. The Bertz CT molecular complexity index is 854. The lowest BCUT2D eigenvalue weighted by Crippen LogP contribution is -2.34.